The number of amides is 1. The number of carbonyl (C=O) groups excluding carboxylic acids is 1. The number of ether oxygens (including phenoxy) is 1. The van der Waals surface area contributed by atoms with Crippen LogP contribution in [0.2, 0.25) is 0 Å². The van der Waals surface area contributed by atoms with Crippen LogP contribution in [0.4, 0.5) is 0 Å². The Morgan fingerprint density at radius 1 is 1.33 bits per heavy atom. The van der Waals surface area contributed by atoms with Gasteiger partial charge in [0, 0.05) is 24.5 Å². The first-order valence-corrected chi connectivity index (χ1v) is 6.93. The Morgan fingerprint density at radius 3 is 2.87 bits per heavy atom. The van der Waals surface area contributed by atoms with Gasteiger partial charge in [0.1, 0.15) is 6.10 Å². The molecule has 0 spiro atoms. The largest absolute Gasteiger partial charge is 0.368 e. The molecule has 0 aliphatic carbocycles. The molecule has 0 aromatic carbocycles. The van der Waals surface area contributed by atoms with Crippen molar-refractivity contribution in [2.24, 2.45) is 0 Å². The highest BCUT2D eigenvalue weighted by molar-refractivity contribution is 9.09. The molecule has 0 saturated carbocycles. The monoisotopic (exact) mass is 275 g/mol. The summed E-state index contributed by atoms with van der Waals surface area (Å²) in [7, 11) is 0. The third kappa shape index (κ3) is 2.53. The number of carbonyl (C=O) groups is 1. The van der Waals surface area contributed by atoms with Gasteiger partial charge in [-0.1, -0.05) is 15.9 Å². The lowest BCUT2D eigenvalue weighted by Crippen LogP contribution is -2.44. The molecular formula is C11H18BrNO2. The summed E-state index contributed by atoms with van der Waals surface area (Å²) in [4.78, 5) is 14.2. The number of rotatable bonds is 2. The highest BCUT2D eigenvalue weighted by Crippen LogP contribution is 2.23. The Balaban J connectivity index is 1.93. The summed E-state index contributed by atoms with van der Waals surface area (Å²) >= 11 is 3.47. The van der Waals surface area contributed by atoms with Crippen molar-refractivity contribution in [3.05, 3.63) is 0 Å². The second-order valence-electron chi connectivity index (χ2n) is 4.34. The number of alkyl halides is 1. The molecule has 2 aliphatic heterocycles. The van der Waals surface area contributed by atoms with E-state index < -0.39 is 0 Å². The minimum atomic E-state index is -0.154. The molecule has 0 radical (unpaired) electrons. The van der Waals surface area contributed by atoms with Gasteiger partial charge in [-0.15, -0.1) is 0 Å². The lowest BCUT2D eigenvalue weighted by molar-refractivity contribution is -0.146. The quantitative estimate of drug-likeness (QED) is 0.721. The third-order valence-electron chi connectivity index (χ3n) is 3.29. The molecule has 4 heteroatoms. The maximum atomic E-state index is 12.1. The summed E-state index contributed by atoms with van der Waals surface area (Å²) in [6, 6.07) is 0.392. The molecule has 3 nitrogen and oxygen atoms in total. The third-order valence-corrected chi connectivity index (χ3v) is 4.04. The Morgan fingerprint density at radius 2 is 2.20 bits per heavy atom. The van der Waals surface area contributed by atoms with Crippen LogP contribution in [-0.4, -0.2) is 41.4 Å². The molecular weight excluding hydrogens is 258 g/mol. The topological polar surface area (TPSA) is 29.5 Å². The minimum absolute atomic E-state index is 0.154. The van der Waals surface area contributed by atoms with Crippen LogP contribution in [0.5, 0.6) is 0 Å². The second-order valence-corrected chi connectivity index (χ2v) is 4.98. The fraction of sp³-hybridized carbons (Fsp3) is 0.909. The highest BCUT2D eigenvalue weighted by atomic mass is 79.9. The first-order chi connectivity index (χ1) is 7.33. The van der Waals surface area contributed by atoms with Crippen LogP contribution in [-0.2, 0) is 9.53 Å². The summed E-state index contributed by atoms with van der Waals surface area (Å²) in [5.74, 6) is 0.219. The zero-order valence-electron chi connectivity index (χ0n) is 8.95. The zero-order valence-corrected chi connectivity index (χ0v) is 10.5. The van der Waals surface area contributed by atoms with E-state index in [1.807, 2.05) is 4.90 Å². The van der Waals surface area contributed by atoms with Gasteiger partial charge in [0.2, 0.25) is 0 Å². The number of likely N-dealkylation sites (tertiary alicyclic amines) is 1. The van der Waals surface area contributed by atoms with Crippen molar-refractivity contribution < 1.29 is 9.53 Å². The fourth-order valence-electron chi connectivity index (χ4n) is 2.41. The molecule has 2 fully saturated rings. The van der Waals surface area contributed by atoms with Crippen molar-refractivity contribution in [3.63, 3.8) is 0 Å². The molecule has 2 saturated heterocycles. The maximum Gasteiger partial charge on any atom is 0.251 e. The lowest BCUT2D eigenvalue weighted by Gasteiger charge is -2.29. The summed E-state index contributed by atoms with van der Waals surface area (Å²) in [5.41, 5.74) is 0. The van der Waals surface area contributed by atoms with E-state index in [4.69, 9.17) is 4.74 Å². The van der Waals surface area contributed by atoms with Gasteiger partial charge >= 0.3 is 0 Å². The first-order valence-electron chi connectivity index (χ1n) is 5.81. The van der Waals surface area contributed by atoms with Gasteiger partial charge in [-0.05, 0) is 32.1 Å². The number of halogens is 1. The molecule has 0 N–H and O–H groups in total. The van der Waals surface area contributed by atoms with Gasteiger partial charge in [-0.3, -0.25) is 4.79 Å². The standard InChI is InChI=1S/C11H18BrNO2/c12-8-9-4-3-6-13(9)11(14)10-5-1-2-7-15-10/h9-10H,1-8H2/t9-,10?/m1/s1. The average molecular weight is 276 g/mol. The van der Waals surface area contributed by atoms with Crippen LogP contribution in [0.1, 0.15) is 32.1 Å². The van der Waals surface area contributed by atoms with E-state index in [-0.39, 0.29) is 12.0 Å². The van der Waals surface area contributed by atoms with E-state index in [0.29, 0.717) is 6.04 Å². The second kappa shape index (κ2) is 5.30. The van der Waals surface area contributed by atoms with Gasteiger partial charge in [-0.2, -0.15) is 0 Å². The molecule has 86 valence electrons. The average Bonchev–Trinajstić information content (AvgIpc) is 2.77. The molecule has 2 rings (SSSR count). The Bertz CT molecular complexity index is 229. The summed E-state index contributed by atoms with van der Waals surface area (Å²) < 4.78 is 5.54. The van der Waals surface area contributed by atoms with Gasteiger partial charge in [-0.25, -0.2) is 0 Å². The van der Waals surface area contributed by atoms with E-state index in [9.17, 15) is 4.79 Å². The summed E-state index contributed by atoms with van der Waals surface area (Å²) in [6.45, 7) is 1.66. The molecule has 2 aliphatic rings. The highest BCUT2D eigenvalue weighted by Gasteiger charge is 2.33. The summed E-state index contributed by atoms with van der Waals surface area (Å²) in [5, 5.41) is 0.894. The molecule has 15 heavy (non-hydrogen) atoms. The van der Waals surface area contributed by atoms with Crippen molar-refractivity contribution in [1.82, 2.24) is 4.90 Å². The molecule has 0 aromatic heterocycles. The van der Waals surface area contributed by atoms with Gasteiger partial charge in [0.15, 0.2) is 0 Å². The first kappa shape index (κ1) is 11.4. The predicted molar refractivity (Wildman–Crippen MR) is 62.1 cm³/mol. The van der Waals surface area contributed by atoms with Crippen molar-refractivity contribution in [3.8, 4) is 0 Å². The van der Waals surface area contributed by atoms with Crippen LogP contribution in [0.25, 0.3) is 0 Å². The van der Waals surface area contributed by atoms with E-state index in [0.717, 1.165) is 50.6 Å². The van der Waals surface area contributed by atoms with Crippen molar-refractivity contribution >= 4 is 21.8 Å². The lowest BCUT2D eigenvalue weighted by atomic mass is 10.1. The predicted octanol–water partition coefficient (Wildman–Crippen LogP) is 1.94. The molecule has 2 atom stereocenters. The van der Waals surface area contributed by atoms with E-state index in [1.165, 1.54) is 0 Å². The Kier molecular flexibility index (Phi) is 4.03. The van der Waals surface area contributed by atoms with Crippen LogP contribution in [0.3, 0.4) is 0 Å². The maximum absolute atomic E-state index is 12.1. The normalized spacial score (nSPS) is 31.9. The molecule has 0 bridgehead atoms. The van der Waals surface area contributed by atoms with Crippen LogP contribution < -0.4 is 0 Å². The van der Waals surface area contributed by atoms with E-state index in [1.54, 1.807) is 0 Å². The van der Waals surface area contributed by atoms with Crippen molar-refractivity contribution in [2.75, 3.05) is 18.5 Å². The number of nitrogens with zero attached hydrogens (tertiary/aromatic N) is 1. The minimum Gasteiger partial charge on any atom is -0.368 e. The van der Waals surface area contributed by atoms with E-state index >= 15 is 0 Å². The van der Waals surface area contributed by atoms with Crippen LogP contribution in [0, 0.1) is 0 Å². The smallest absolute Gasteiger partial charge is 0.251 e. The van der Waals surface area contributed by atoms with Crippen LogP contribution in [0.15, 0.2) is 0 Å². The van der Waals surface area contributed by atoms with Crippen molar-refractivity contribution in [2.45, 2.75) is 44.2 Å². The molecule has 1 unspecified atom stereocenters. The Hall–Kier alpha value is -0.0900. The van der Waals surface area contributed by atoms with Gasteiger partial charge in [0.25, 0.3) is 5.91 Å². The molecule has 1 amide bonds. The van der Waals surface area contributed by atoms with Crippen LogP contribution >= 0.6 is 15.9 Å². The molecule has 0 aromatic rings. The SMILES string of the molecule is O=C(C1CCCCO1)N1CCC[C@@H]1CBr. The van der Waals surface area contributed by atoms with Gasteiger partial charge < -0.3 is 9.64 Å². The Labute approximate surface area is 99.3 Å². The van der Waals surface area contributed by atoms with Crippen molar-refractivity contribution in [1.29, 1.82) is 0 Å². The summed E-state index contributed by atoms with van der Waals surface area (Å²) in [6.07, 6.45) is 5.25. The molecule has 2 heterocycles. The van der Waals surface area contributed by atoms with Gasteiger partial charge in [0.05, 0.1) is 0 Å². The fourth-order valence-corrected chi connectivity index (χ4v) is 3.08. The zero-order chi connectivity index (χ0) is 10.7. The van der Waals surface area contributed by atoms with E-state index in [2.05, 4.69) is 15.9 Å². The number of hydrogen-bond acceptors (Lipinski definition) is 2. The number of hydrogen-bond donors (Lipinski definition) is 0.